The highest BCUT2D eigenvalue weighted by Gasteiger charge is 2.15. The van der Waals surface area contributed by atoms with E-state index in [2.05, 4.69) is 60.8 Å². The number of nitrogens with zero attached hydrogens (tertiary/aromatic N) is 4. The number of para-hydroxylation sites is 1. The fourth-order valence-corrected chi connectivity index (χ4v) is 3.65. The van der Waals surface area contributed by atoms with Crippen LogP contribution in [-0.4, -0.2) is 47.5 Å². The van der Waals surface area contributed by atoms with Gasteiger partial charge in [0, 0.05) is 47.5 Å². The van der Waals surface area contributed by atoms with E-state index < -0.39 is 0 Å². The van der Waals surface area contributed by atoms with Gasteiger partial charge in [-0.05, 0) is 25.1 Å². The zero-order chi connectivity index (χ0) is 21.8. The van der Waals surface area contributed by atoms with Gasteiger partial charge in [-0.15, -0.1) is 0 Å². The summed E-state index contributed by atoms with van der Waals surface area (Å²) in [4.78, 5) is 14.7. The quantitative estimate of drug-likeness (QED) is 0.314. The first-order chi connectivity index (χ1) is 15.7. The number of hydrogen-bond donors (Lipinski definition) is 3. The van der Waals surface area contributed by atoms with Crippen molar-refractivity contribution in [1.82, 2.24) is 15.0 Å². The maximum absolute atomic E-state index is 5.49. The Balaban J connectivity index is 1.40. The lowest BCUT2D eigenvalue weighted by atomic mass is 10.2. The van der Waals surface area contributed by atoms with Crippen LogP contribution >= 0.6 is 0 Å². The van der Waals surface area contributed by atoms with Gasteiger partial charge in [-0.2, -0.15) is 15.1 Å². The van der Waals surface area contributed by atoms with Crippen molar-refractivity contribution in [3.8, 4) is 0 Å². The van der Waals surface area contributed by atoms with Crippen molar-refractivity contribution in [3.05, 3.63) is 71.9 Å². The van der Waals surface area contributed by atoms with Gasteiger partial charge in [0.25, 0.3) is 0 Å². The molecule has 0 saturated carbocycles. The maximum atomic E-state index is 5.49. The first kappa shape index (κ1) is 20.0. The number of hydrogen-bond acceptors (Lipinski definition) is 7. The molecule has 1 aliphatic heterocycles. The van der Waals surface area contributed by atoms with E-state index in [4.69, 9.17) is 4.74 Å². The summed E-state index contributed by atoms with van der Waals surface area (Å²) in [5.41, 5.74) is 7.24. The van der Waals surface area contributed by atoms with Gasteiger partial charge in [-0.25, -0.2) is 5.43 Å². The number of aryl methyl sites for hydroxylation is 1. The van der Waals surface area contributed by atoms with E-state index >= 15 is 0 Å². The van der Waals surface area contributed by atoms with Crippen LogP contribution in [0.2, 0.25) is 0 Å². The Morgan fingerprint density at radius 1 is 1.06 bits per heavy atom. The smallest absolute Gasteiger partial charge is 0.247 e. The van der Waals surface area contributed by atoms with Crippen molar-refractivity contribution >= 4 is 40.4 Å². The molecule has 8 heteroatoms. The molecule has 32 heavy (non-hydrogen) atoms. The molecule has 1 aliphatic rings. The maximum Gasteiger partial charge on any atom is 0.247 e. The Labute approximate surface area is 186 Å². The van der Waals surface area contributed by atoms with Crippen LogP contribution in [0.3, 0.4) is 0 Å². The third-order valence-electron chi connectivity index (χ3n) is 5.36. The fourth-order valence-electron chi connectivity index (χ4n) is 3.65. The SMILES string of the molecule is Cc1ccc(Nc2cc(N3CCOCC3)nc(NN=Cc3c[nH]c4ccccc34)n2)cc1. The van der Waals surface area contributed by atoms with Crippen LogP contribution in [-0.2, 0) is 4.74 Å². The number of aromatic nitrogens is 3. The molecule has 0 amide bonds. The Morgan fingerprint density at radius 2 is 1.88 bits per heavy atom. The van der Waals surface area contributed by atoms with Crippen LogP contribution in [0.15, 0.2) is 65.9 Å². The summed E-state index contributed by atoms with van der Waals surface area (Å²) in [6, 6.07) is 18.3. The van der Waals surface area contributed by atoms with Crippen LogP contribution < -0.4 is 15.6 Å². The minimum atomic E-state index is 0.430. The number of nitrogens with one attached hydrogen (secondary N) is 3. The van der Waals surface area contributed by atoms with Crippen LogP contribution in [0.25, 0.3) is 10.9 Å². The minimum Gasteiger partial charge on any atom is -0.378 e. The Bertz CT molecular complexity index is 1230. The van der Waals surface area contributed by atoms with Crippen molar-refractivity contribution < 1.29 is 4.74 Å². The molecule has 1 saturated heterocycles. The number of benzene rings is 2. The average Bonchev–Trinajstić information content (AvgIpc) is 3.24. The van der Waals surface area contributed by atoms with Gasteiger partial charge in [0.1, 0.15) is 11.6 Å². The topological polar surface area (TPSA) is 90.5 Å². The molecule has 0 spiro atoms. The summed E-state index contributed by atoms with van der Waals surface area (Å²) in [6.07, 6.45) is 3.71. The lowest BCUT2D eigenvalue weighted by molar-refractivity contribution is 0.122. The first-order valence-corrected chi connectivity index (χ1v) is 10.7. The summed E-state index contributed by atoms with van der Waals surface area (Å²) >= 11 is 0. The second-order valence-electron chi connectivity index (χ2n) is 7.69. The fraction of sp³-hybridized carbons (Fsp3) is 0.208. The third kappa shape index (κ3) is 4.55. The zero-order valence-electron chi connectivity index (χ0n) is 17.9. The molecule has 5 rings (SSSR count). The Kier molecular flexibility index (Phi) is 5.67. The van der Waals surface area contributed by atoms with E-state index in [0.29, 0.717) is 25.0 Å². The Hall–Kier alpha value is -3.91. The van der Waals surface area contributed by atoms with Crippen LogP contribution in [0.4, 0.5) is 23.3 Å². The molecule has 162 valence electrons. The highest BCUT2D eigenvalue weighted by atomic mass is 16.5. The molecular weight excluding hydrogens is 402 g/mol. The molecule has 0 unspecified atom stereocenters. The van der Waals surface area contributed by atoms with Crippen LogP contribution in [0, 0.1) is 6.92 Å². The summed E-state index contributed by atoms with van der Waals surface area (Å²) in [6.45, 7) is 5.02. The summed E-state index contributed by atoms with van der Waals surface area (Å²) in [5.74, 6) is 1.97. The number of ether oxygens (including phenoxy) is 1. The normalized spacial score (nSPS) is 14.2. The van der Waals surface area contributed by atoms with E-state index in [1.165, 1.54) is 5.56 Å². The summed E-state index contributed by atoms with van der Waals surface area (Å²) < 4.78 is 5.49. The number of fused-ring (bicyclic) bond motifs is 1. The van der Waals surface area contributed by atoms with E-state index in [9.17, 15) is 0 Å². The number of aromatic amines is 1. The molecule has 0 radical (unpaired) electrons. The van der Waals surface area contributed by atoms with E-state index in [1.54, 1.807) is 6.21 Å². The zero-order valence-corrected chi connectivity index (χ0v) is 17.9. The second-order valence-corrected chi connectivity index (χ2v) is 7.69. The van der Waals surface area contributed by atoms with E-state index in [1.807, 2.05) is 42.6 Å². The Morgan fingerprint density at radius 3 is 2.72 bits per heavy atom. The summed E-state index contributed by atoms with van der Waals surface area (Å²) in [7, 11) is 0. The highest BCUT2D eigenvalue weighted by molar-refractivity contribution is 5.99. The molecule has 4 aromatic rings. The molecule has 0 aliphatic carbocycles. The largest absolute Gasteiger partial charge is 0.378 e. The molecular formula is C24H25N7O. The summed E-state index contributed by atoms with van der Waals surface area (Å²) in [5, 5.41) is 8.88. The molecule has 0 atom stereocenters. The molecule has 8 nitrogen and oxygen atoms in total. The van der Waals surface area contributed by atoms with Crippen LogP contribution in [0.5, 0.6) is 0 Å². The van der Waals surface area contributed by atoms with E-state index in [-0.39, 0.29) is 0 Å². The van der Waals surface area contributed by atoms with Gasteiger partial charge in [-0.3, -0.25) is 0 Å². The molecule has 3 N–H and O–H groups in total. The van der Waals surface area contributed by atoms with E-state index in [0.717, 1.165) is 41.1 Å². The van der Waals surface area contributed by atoms with Crippen molar-refractivity contribution in [1.29, 1.82) is 0 Å². The van der Waals surface area contributed by atoms with Crippen molar-refractivity contribution in [2.45, 2.75) is 6.92 Å². The lowest BCUT2D eigenvalue weighted by Crippen LogP contribution is -2.36. The number of anilines is 4. The van der Waals surface area contributed by atoms with Crippen molar-refractivity contribution in [3.63, 3.8) is 0 Å². The molecule has 2 aromatic carbocycles. The average molecular weight is 428 g/mol. The number of morpholine rings is 1. The molecule has 2 aromatic heterocycles. The van der Waals surface area contributed by atoms with Gasteiger partial charge in [0.2, 0.25) is 5.95 Å². The van der Waals surface area contributed by atoms with Gasteiger partial charge in [-0.1, -0.05) is 35.9 Å². The van der Waals surface area contributed by atoms with Gasteiger partial charge in [0.05, 0.1) is 19.4 Å². The number of H-pyrrole nitrogens is 1. The predicted molar refractivity (Wildman–Crippen MR) is 129 cm³/mol. The van der Waals surface area contributed by atoms with Gasteiger partial charge in [0.15, 0.2) is 0 Å². The minimum absolute atomic E-state index is 0.430. The number of rotatable bonds is 6. The predicted octanol–water partition coefficient (Wildman–Crippen LogP) is 4.29. The monoisotopic (exact) mass is 427 g/mol. The van der Waals surface area contributed by atoms with Crippen LogP contribution in [0.1, 0.15) is 11.1 Å². The molecule has 0 bridgehead atoms. The first-order valence-electron chi connectivity index (χ1n) is 10.7. The molecule has 3 heterocycles. The van der Waals surface area contributed by atoms with Gasteiger partial charge >= 0.3 is 0 Å². The number of hydrazone groups is 1. The standard InChI is InChI=1S/C24H25N7O/c1-17-6-8-19(9-7-17)27-22-14-23(31-10-12-32-13-11-31)29-24(28-22)30-26-16-18-15-25-21-5-3-2-4-20(18)21/h2-9,14-16,25H,10-13H2,1H3,(H2,27,28,29,30). The second kappa shape index (κ2) is 9.07. The van der Waals surface area contributed by atoms with Gasteiger partial charge < -0.3 is 19.9 Å². The molecule has 1 fully saturated rings. The van der Waals surface area contributed by atoms with Crippen molar-refractivity contribution in [2.24, 2.45) is 5.10 Å². The van der Waals surface area contributed by atoms with Crippen molar-refractivity contribution in [2.75, 3.05) is 41.9 Å². The highest BCUT2D eigenvalue weighted by Crippen LogP contribution is 2.23. The lowest BCUT2D eigenvalue weighted by Gasteiger charge is -2.28. The third-order valence-corrected chi connectivity index (χ3v) is 5.36.